The average molecular weight is 289 g/mol. The van der Waals surface area contributed by atoms with Crippen LogP contribution in [-0.2, 0) is 0 Å². The Morgan fingerprint density at radius 3 is 1.78 bits per heavy atom. The second-order valence-corrected chi connectivity index (χ2v) is 2.57. The third-order valence-corrected chi connectivity index (χ3v) is 1.58. The van der Waals surface area contributed by atoms with Gasteiger partial charge in [-0.15, -0.1) is 12.6 Å². The molecule has 0 radical (unpaired) electrons. The van der Waals surface area contributed by atoms with E-state index in [0.717, 1.165) is 13.1 Å². The van der Waals surface area contributed by atoms with Crippen LogP contribution in [0.4, 0.5) is 0 Å². The van der Waals surface area contributed by atoms with Gasteiger partial charge in [-0.05, 0) is 13.8 Å². The van der Waals surface area contributed by atoms with Crippen LogP contribution >= 0.6 is 24.8 Å². The monoisotopic (exact) mass is 289 g/mol. The molecule has 0 aromatic rings. The standard InChI is InChI=1S/C5H11NS2.Ce/c1-3-6(4-2)5(7)8;/h3-4H2,1-2H3,(H,7,8);. The van der Waals surface area contributed by atoms with Gasteiger partial charge >= 0.3 is 0 Å². The van der Waals surface area contributed by atoms with E-state index >= 15 is 0 Å². The summed E-state index contributed by atoms with van der Waals surface area (Å²) in [5.74, 6) is 0. The molecule has 0 saturated heterocycles. The maximum Gasteiger partial charge on any atom is 0.133 e. The van der Waals surface area contributed by atoms with Gasteiger partial charge < -0.3 is 4.90 Å². The van der Waals surface area contributed by atoms with Crippen molar-refractivity contribution in [2.75, 3.05) is 13.1 Å². The van der Waals surface area contributed by atoms with Crippen LogP contribution < -0.4 is 0 Å². The van der Waals surface area contributed by atoms with E-state index in [2.05, 4.69) is 26.5 Å². The number of thiocarbonyl (C=S) groups is 1. The molecule has 0 N–H and O–H groups in total. The maximum atomic E-state index is 4.81. The molecule has 9 heavy (non-hydrogen) atoms. The molecule has 0 saturated carbocycles. The maximum absolute atomic E-state index is 4.81. The number of hydrogen-bond acceptors (Lipinski definition) is 1. The van der Waals surface area contributed by atoms with Crippen LogP contribution in [0.5, 0.6) is 0 Å². The van der Waals surface area contributed by atoms with Crippen molar-refractivity contribution in [2.45, 2.75) is 13.8 Å². The summed E-state index contributed by atoms with van der Waals surface area (Å²) in [5.41, 5.74) is 0. The first kappa shape index (κ1) is 13.2. The van der Waals surface area contributed by atoms with E-state index in [4.69, 9.17) is 12.2 Å². The molecular weight excluding hydrogens is 278 g/mol. The van der Waals surface area contributed by atoms with E-state index in [1.807, 2.05) is 4.90 Å². The predicted octanol–water partition coefficient (Wildman–Crippen LogP) is 1.54. The summed E-state index contributed by atoms with van der Waals surface area (Å²) < 4.78 is 0.690. The predicted molar refractivity (Wildman–Crippen MR) is 44.5 cm³/mol. The van der Waals surface area contributed by atoms with Crippen molar-refractivity contribution in [1.29, 1.82) is 0 Å². The van der Waals surface area contributed by atoms with E-state index in [0.29, 0.717) is 4.32 Å². The summed E-state index contributed by atoms with van der Waals surface area (Å²) in [7, 11) is 0. The molecule has 0 aliphatic rings. The van der Waals surface area contributed by atoms with Crippen LogP contribution in [0.2, 0.25) is 0 Å². The van der Waals surface area contributed by atoms with Gasteiger partial charge in [0.2, 0.25) is 0 Å². The molecule has 52 valence electrons. The van der Waals surface area contributed by atoms with Crippen molar-refractivity contribution in [3.8, 4) is 0 Å². The Balaban J connectivity index is 0. The first-order valence-corrected chi connectivity index (χ1v) is 3.55. The van der Waals surface area contributed by atoms with Crippen molar-refractivity contribution in [1.82, 2.24) is 4.90 Å². The van der Waals surface area contributed by atoms with Crippen LogP contribution in [-0.4, -0.2) is 22.3 Å². The largest absolute Gasteiger partial charge is 0.358 e. The molecule has 0 unspecified atom stereocenters. The number of hydrogen-bond donors (Lipinski definition) is 1. The minimum absolute atomic E-state index is 0. The normalized spacial score (nSPS) is 7.89. The molecule has 0 rings (SSSR count). The molecular formula is C5H11CeNS2. The molecule has 0 aromatic carbocycles. The molecule has 0 fully saturated rings. The molecule has 0 spiro atoms. The van der Waals surface area contributed by atoms with E-state index in [9.17, 15) is 0 Å². The summed E-state index contributed by atoms with van der Waals surface area (Å²) in [5, 5.41) is 0. The zero-order valence-corrected chi connectivity index (χ0v) is 10.6. The molecule has 0 bridgehead atoms. The fourth-order valence-corrected chi connectivity index (χ4v) is 1.04. The van der Waals surface area contributed by atoms with Crippen molar-refractivity contribution in [3.63, 3.8) is 0 Å². The van der Waals surface area contributed by atoms with Gasteiger partial charge in [-0.3, -0.25) is 0 Å². The van der Waals surface area contributed by atoms with Gasteiger partial charge in [0.1, 0.15) is 4.32 Å². The van der Waals surface area contributed by atoms with Crippen LogP contribution in [0.3, 0.4) is 0 Å². The number of rotatable bonds is 2. The summed E-state index contributed by atoms with van der Waals surface area (Å²) in [6, 6.07) is 0. The van der Waals surface area contributed by atoms with Gasteiger partial charge in [0.05, 0.1) is 0 Å². The van der Waals surface area contributed by atoms with E-state index in [1.54, 1.807) is 0 Å². The Morgan fingerprint density at radius 1 is 1.44 bits per heavy atom. The molecule has 0 aliphatic carbocycles. The molecule has 1 nitrogen and oxygen atoms in total. The smallest absolute Gasteiger partial charge is 0.133 e. The molecule has 0 aromatic heterocycles. The first-order chi connectivity index (χ1) is 3.72. The molecule has 0 atom stereocenters. The van der Waals surface area contributed by atoms with Gasteiger partial charge in [-0.25, -0.2) is 0 Å². The van der Waals surface area contributed by atoms with Crippen LogP contribution in [0, 0.1) is 41.7 Å². The number of nitrogens with zero attached hydrogens (tertiary/aromatic N) is 1. The van der Waals surface area contributed by atoms with Gasteiger partial charge in [0, 0.05) is 54.8 Å². The van der Waals surface area contributed by atoms with Gasteiger partial charge in [0.25, 0.3) is 0 Å². The van der Waals surface area contributed by atoms with Gasteiger partial charge in [-0.2, -0.15) is 0 Å². The van der Waals surface area contributed by atoms with Crippen LogP contribution in [0.1, 0.15) is 13.8 Å². The third kappa shape index (κ3) is 6.03. The van der Waals surface area contributed by atoms with Crippen molar-refractivity contribution < 1.29 is 41.7 Å². The third-order valence-electron chi connectivity index (χ3n) is 1.03. The molecule has 4 heteroatoms. The van der Waals surface area contributed by atoms with Crippen LogP contribution in [0.25, 0.3) is 0 Å². The number of thiol groups is 1. The molecule has 0 aliphatic heterocycles. The SMILES string of the molecule is CCN(CC)C(=S)S.[Ce]. The fourth-order valence-electron chi connectivity index (χ4n) is 0.494. The van der Waals surface area contributed by atoms with E-state index in [-0.39, 0.29) is 41.7 Å². The fraction of sp³-hybridized carbons (Fsp3) is 0.800. The van der Waals surface area contributed by atoms with Crippen molar-refractivity contribution in [3.05, 3.63) is 0 Å². The van der Waals surface area contributed by atoms with Gasteiger partial charge in [-0.1, -0.05) is 12.2 Å². The minimum atomic E-state index is 0. The average Bonchev–Trinajstić information content (AvgIpc) is 1.69. The summed E-state index contributed by atoms with van der Waals surface area (Å²) in [4.78, 5) is 2.01. The zero-order chi connectivity index (χ0) is 6.57. The van der Waals surface area contributed by atoms with Crippen LogP contribution in [0.15, 0.2) is 0 Å². The Labute approximate surface area is 101 Å². The zero-order valence-electron chi connectivity index (χ0n) is 5.72. The Kier molecular flexibility index (Phi) is 11.3. The van der Waals surface area contributed by atoms with Crippen molar-refractivity contribution >= 4 is 29.2 Å². The van der Waals surface area contributed by atoms with E-state index in [1.165, 1.54) is 0 Å². The Hall–Kier alpha value is 1.62. The Bertz CT molecular complexity index is 83.0. The first-order valence-electron chi connectivity index (χ1n) is 2.70. The summed E-state index contributed by atoms with van der Waals surface area (Å²) in [6.07, 6.45) is 0. The van der Waals surface area contributed by atoms with Crippen molar-refractivity contribution in [2.24, 2.45) is 0 Å². The van der Waals surface area contributed by atoms with E-state index < -0.39 is 0 Å². The summed E-state index contributed by atoms with van der Waals surface area (Å²) >= 11 is 8.82. The quantitative estimate of drug-likeness (QED) is 0.607. The molecule has 0 amide bonds. The second kappa shape index (κ2) is 7.72. The Morgan fingerprint density at radius 2 is 1.78 bits per heavy atom. The summed E-state index contributed by atoms with van der Waals surface area (Å²) in [6.45, 7) is 6.04. The second-order valence-electron chi connectivity index (χ2n) is 1.45. The topological polar surface area (TPSA) is 3.24 Å². The molecule has 0 heterocycles. The van der Waals surface area contributed by atoms with Gasteiger partial charge in [0.15, 0.2) is 0 Å². The minimum Gasteiger partial charge on any atom is -0.358 e.